The number of hydrogen-bond acceptors (Lipinski definition) is 11. The Morgan fingerprint density at radius 1 is 1.14 bits per heavy atom. The Kier molecular flexibility index (Phi) is 4.97. The Morgan fingerprint density at radius 2 is 1.77 bits per heavy atom. The minimum Gasteiger partial charge on any atom is -0.358 e. The smallest absolute Gasteiger partial charge is 0.358 e. The van der Waals surface area contributed by atoms with Gasteiger partial charge >= 0.3 is 17.8 Å². The average molecular weight is 322 g/mol. The molecule has 1 aliphatic rings. The van der Waals surface area contributed by atoms with E-state index in [9.17, 15) is 40.5 Å². The molecule has 0 aliphatic carbocycles. The van der Waals surface area contributed by atoms with Crippen molar-refractivity contribution in [3.63, 3.8) is 0 Å². The third kappa shape index (κ3) is 3.91. The van der Waals surface area contributed by atoms with Crippen LogP contribution in [0.3, 0.4) is 0 Å². The number of hydrogen-bond donors (Lipinski definition) is 1. The van der Waals surface area contributed by atoms with E-state index in [2.05, 4.69) is 14.9 Å². The van der Waals surface area contributed by atoms with E-state index < -0.39 is 37.7 Å². The summed E-state index contributed by atoms with van der Waals surface area (Å²) in [5, 5.41) is 44.3. The molecule has 2 heterocycles. The number of anilines is 1. The number of rotatable bonds is 5. The van der Waals surface area contributed by atoms with Gasteiger partial charge in [0.2, 0.25) is 0 Å². The van der Waals surface area contributed by atoms with Crippen molar-refractivity contribution < 1.29 is 24.5 Å². The summed E-state index contributed by atoms with van der Waals surface area (Å²) in [6, 6.07) is 0. The molecule has 1 aromatic heterocycles. The molecule has 22 heavy (non-hydrogen) atoms. The summed E-state index contributed by atoms with van der Waals surface area (Å²) in [7, 11) is 0. The van der Waals surface area contributed by atoms with Crippen molar-refractivity contribution in [3.05, 3.63) is 40.5 Å². The van der Waals surface area contributed by atoms with Gasteiger partial charge in [0.1, 0.15) is 0 Å². The van der Waals surface area contributed by atoms with Crippen LogP contribution in [0.4, 0.5) is 11.6 Å². The summed E-state index contributed by atoms with van der Waals surface area (Å²) in [4.78, 5) is 38.1. The Morgan fingerprint density at radius 3 is 2.09 bits per heavy atom. The molecule has 120 valence electrons. The summed E-state index contributed by atoms with van der Waals surface area (Å²) in [6.07, 6.45) is -0.830. The van der Waals surface area contributed by atoms with Crippen molar-refractivity contribution >= 4 is 11.6 Å². The number of nitro groups is 4. The standard InChI is InChI=1S/C3H5N3O4.C2HN5O5/c7-5(8)3-1-2-4(3)6(9)10;8-6(9)2-1(3-7(10)11)4-12-5-2/h3H,1-2H2;(H,3,4). The lowest BCUT2D eigenvalue weighted by Crippen LogP contribution is -2.54. The molecule has 0 amide bonds. The second kappa shape index (κ2) is 6.67. The maximum Gasteiger partial charge on any atom is 0.464 e. The van der Waals surface area contributed by atoms with Crippen molar-refractivity contribution in [2.75, 3.05) is 12.0 Å². The number of aromatic nitrogens is 2. The molecule has 0 bridgehead atoms. The van der Waals surface area contributed by atoms with Gasteiger partial charge in [0.05, 0.1) is 17.9 Å². The van der Waals surface area contributed by atoms with Crippen LogP contribution >= 0.6 is 0 Å². The minimum atomic E-state index is -1.10. The number of nitrogens with zero attached hydrogens (tertiary/aromatic N) is 7. The zero-order chi connectivity index (χ0) is 16.9. The molecule has 1 saturated heterocycles. The molecule has 1 aromatic rings. The van der Waals surface area contributed by atoms with Crippen LogP contribution in [-0.2, 0) is 0 Å². The predicted octanol–water partition coefficient (Wildman–Crippen LogP) is -0.932. The quantitative estimate of drug-likeness (QED) is 0.510. The molecule has 0 spiro atoms. The van der Waals surface area contributed by atoms with Gasteiger partial charge in [-0.25, -0.2) is 20.2 Å². The largest absolute Gasteiger partial charge is 0.464 e. The molecule has 1 atom stereocenters. The molecule has 17 heteroatoms. The molecule has 17 nitrogen and oxygen atoms in total. The topological polar surface area (TPSA) is 227 Å². The summed E-state index contributed by atoms with van der Waals surface area (Å²) in [6.45, 7) is 0.179. The fraction of sp³-hybridized carbons (Fsp3) is 0.600. The summed E-state index contributed by atoms with van der Waals surface area (Å²) < 4.78 is 3.90. The Bertz CT molecular complexity index is 579. The van der Waals surface area contributed by atoms with Crippen molar-refractivity contribution in [1.82, 2.24) is 15.3 Å². The van der Waals surface area contributed by atoms with E-state index in [1.807, 2.05) is 0 Å². The van der Waals surface area contributed by atoms with Crippen molar-refractivity contribution in [2.45, 2.75) is 12.6 Å². The summed E-state index contributed by atoms with van der Waals surface area (Å²) in [5.74, 6) is -1.46. The fourth-order valence-corrected chi connectivity index (χ4v) is 1.23. The molecule has 1 fully saturated rings. The monoisotopic (exact) mass is 322 g/mol. The van der Waals surface area contributed by atoms with E-state index in [0.717, 1.165) is 0 Å². The van der Waals surface area contributed by atoms with Crippen LogP contribution in [0.15, 0.2) is 4.63 Å². The van der Waals surface area contributed by atoms with Gasteiger partial charge in [-0.05, 0) is 4.92 Å². The van der Waals surface area contributed by atoms with Gasteiger partial charge in [0.15, 0.2) is 15.2 Å². The minimum absolute atomic E-state index is 0.179. The van der Waals surface area contributed by atoms with E-state index in [-0.39, 0.29) is 13.0 Å². The summed E-state index contributed by atoms with van der Waals surface area (Å²) in [5.41, 5.74) is 1.45. The van der Waals surface area contributed by atoms with Gasteiger partial charge in [0, 0.05) is 5.16 Å². The SMILES string of the molecule is O=[N+]([O-])C1CCN1[N+](=O)[O-].O=[N+]([O-])Nc1nonc1[N+](=O)[O-]. The van der Waals surface area contributed by atoms with E-state index >= 15 is 0 Å². The third-order valence-corrected chi connectivity index (χ3v) is 2.25. The van der Waals surface area contributed by atoms with Crippen LogP contribution in [0.2, 0.25) is 0 Å². The first-order chi connectivity index (χ1) is 10.2. The Labute approximate surface area is 118 Å². The fourth-order valence-electron chi connectivity index (χ4n) is 1.23. The second-order valence-electron chi connectivity index (χ2n) is 3.52. The van der Waals surface area contributed by atoms with E-state index in [4.69, 9.17) is 0 Å². The number of hydrazine groups is 2. The van der Waals surface area contributed by atoms with Gasteiger partial charge in [-0.2, -0.15) is 0 Å². The van der Waals surface area contributed by atoms with Gasteiger partial charge in [-0.3, -0.25) is 10.1 Å². The molecular weight excluding hydrogens is 316 g/mol. The van der Waals surface area contributed by atoms with E-state index in [0.29, 0.717) is 5.01 Å². The first kappa shape index (κ1) is 16.4. The summed E-state index contributed by atoms with van der Waals surface area (Å²) >= 11 is 0. The highest BCUT2D eigenvalue weighted by Gasteiger charge is 2.45. The lowest BCUT2D eigenvalue weighted by Gasteiger charge is -2.25. The maximum absolute atomic E-state index is 10.0. The highest BCUT2D eigenvalue weighted by Crippen LogP contribution is 2.17. The second-order valence-corrected chi connectivity index (χ2v) is 3.52. The lowest BCUT2D eigenvalue weighted by molar-refractivity contribution is -0.754. The molecule has 0 aromatic carbocycles. The molecule has 1 aliphatic heterocycles. The van der Waals surface area contributed by atoms with Crippen LogP contribution in [0.1, 0.15) is 6.42 Å². The zero-order valence-corrected chi connectivity index (χ0v) is 10.3. The number of nitrogens with one attached hydrogen (secondary N) is 1. The highest BCUT2D eigenvalue weighted by atomic mass is 16.7. The van der Waals surface area contributed by atoms with Gasteiger partial charge in [-0.15, -0.1) is 4.63 Å². The van der Waals surface area contributed by atoms with E-state index in [1.54, 1.807) is 0 Å². The molecule has 0 saturated carbocycles. The van der Waals surface area contributed by atoms with E-state index in [1.165, 1.54) is 5.43 Å². The van der Waals surface area contributed by atoms with Crippen LogP contribution in [-0.4, -0.2) is 47.9 Å². The Hall–Kier alpha value is -3.66. The molecule has 1 unspecified atom stereocenters. The van der Waals surface area contributed by atoms with Gasteiger partial charge < -0.3 is 10.1 Å². The normalized spacial score (nSPS) is 15.8. The van der Waals surface area contributed by atoms with Gasteiger partial charge in [-0.1, -0.05) is 10.4 Å². The lowest BCUT2D eigenvalue weighted by atomic mass is 10.2. The van der Waals surface area contributed by atoms with Crippen LogP contribution in [0, 0.1) is 40.5 Å². The molecule has 1 N–H and O–H groups in total. The molecular formula is C5H6N8O9. The average Bonchev–Trinajstić information content (AvgIpc) is 2.73. The molecule has 2 rings (SSSR count). The zero-order valence-electron chi connectivity index (χ0n) is 10.3. The van der Waals surface area contributed by atoms with Crippen LogP contribution < -0.4 is 5.43 Å². The van der Waals surface area contributed by atoms with Crippen LogP contribution in [0.5, 0.6) is 0 Å². The first-order valence-corrected chi connectivity index (χ1v) is 5.16. The first-order valence-electron chi connectivity index (χ1n) is 5.16. The molecule has 0 radical (unpaired) electrons. The third-order valence-electron chi connectivity index (χ3n) is 2.25. The van der Waals surface area contributed by atoms with Crippen molar-refractivity contribution in [1.29, 1.82) is 0 Å². The maximum atomic E-state index is 10.0. The highest BCUT2D eigenvalue weighted by molar-refractivity contribution is 5.46. The van der Waals surface area contributed by atoms with Crippen molar-refractivity contribution in [2.24, 2.45) is 0 Å². The van der Waals surface area contributed by atoms with Crippen molar-refractivity contribution in [3.8, 4) is 0 Å². The predicted molar refractivity (Wildman–Crippen MR) is 60.7 cm³/mol. The Balaban J connectivity index is 0.000000224. The van der Waals surface area contributed by atoms with Gasteiger partial charge in [0.25, 0.3) is 0 Å². The van der Waals surface area contributed by atoms with Crippen LogP contribution in [0.25, 0.3) is 0 Å².